The van der Waals surface area contributed by atoms with Crippen LogP contribution in [0.4, 0.5) is 4.39 Å². The SMILES string of the molecule is CCNC(Cc1ccc(C)cc1)Cc1ccc(F)cc1C. The van der Waals surface area contributed by atoms with Crippen molar-refractivity contribution in [2.45, 2.75) is 39.7 Å². The molecule has 0 amide bonds. The van der Waals surface area contributed by atoms with Crippen molar-refractivity contribution in [1.29, 1.82) is 0 Å². The van der Waals surface area contributed by atoms with Crippen LogP contribution in [0, 0.1) is 19.7 Å². The van der Waals surface area contributed by atoms with E-state index in [1.54, 1.807) is 12.1 Å². The largest absolute Gasteiger partial charge is 0.314 e. The predicted octanol–water partition coefficient (Wildman–Crippen LogP) is 4.21. The molecule has 1 N–H and O–H groups in total. The minimum atomic E-state index is -0.158. The molecule has 1 atom stereocenters. The lowest BCUT2D eigenvalue weighted by Crippen LogP contribution is -2.33. The molecule has 0 aromatic heterocycles. The lowest BCUT2D eigenvalue weighted by atomic mass is 9.96. The number of benzene rings is 2. The summed E-state index contributed by atoms with van der Waals surface area (Å²) in [7, 11) is 0. The zero-order chi connectivity index (χ0) is 15.2. The van der Waals surface area contributed by atoms with Gasteiger partial charge in [0.05, 0.1) is 0 Å². The molecule has 2 aromatic carbocycles. The topological polar surface area (TPSA) is 12.0 Å². The maximum Gasteiger partial charge on any atom is 0.123 e. The maximum absolute atomic E-state index is 13.2. The van der Waals surface area contributed by atoms with Crippen LogP contribution in [-0.2, 0) is 12.8 Å². The van der Waals surface area contributed by atoms with Crippen LogP contribution in [-0.4, -0.2) is 12.6 Å². The Bertz CT molecular complexity index is 575. The van der Waals surface area contributed by atoms with Crippen LogP contribution in [0.5, 0.6) is 0 Å². The Balaban J connectivity index is 2.09. The van der Waals surface area contributed by atoms with Gasteiger partial charge in [-0.3, -0.25) is 0 Å². The fraction of sp³-hybridized carbons (Fsp3) is 0.368. The average molecular weight is 285 g/mol. The molecule has 0 aliphatic heterocycles. The Morgan fingerprint density at radius 3 is 2.33 bits per heavy atom. The molecule has 21 heavy (non-hydrogen) atoms. The van der Waals surface area contributed by atoms with Crippen LogP contribution in [0.2, 0.25) is 0 Å². The molecule has 2 heteroatoms. The summed E-state index contributed by atoms with van der Waals surface area (Å²) in [6.45, 7) is 7.15. The van der Waals surface area contributed by atoms with Crippen molar-refractivity contribution >= 4 is 0 Å². The van der Waals surface area contributed by atoms with Crippen LogP contribution in [0.3, 0.4) is 0 Å². The van der Waals surface area contributed by atoms with Crippen molar-refractivity contribution in [1.82, 2.24) is 5.32 Å². The first-order valence-corrected chi connectivity index (χ1v) is 7.62. The number of hydrogen-bond acceptors (Lipinski definition) is 1. The smallest absolute Gasteiger partial charge is 0.123 e. The molecule has 0 heterocycles. The summed E-state index contributed by atoms with van der Waals surface area (Å²) >= 11 is 0. The van der Waals surface area contributed by atoms with Crippen molar-refractivity contribution in [3.8, 4) is 0 Å². The molecule has 0 saturated carbocycles. The number of halogens is 1. The minimum Gasteiger partial charge on any atom is -0.314 e. The molecule has 2 rings (SSSR count). The van der Waals surface area contributed by atoms with E-state index in [0.717, 1.165) is 24.9 Å². The van der Waals surface area contributed by atoms with Crippen molar-refractivity contribution in [3.05, 3.63) is 70.5 Å². The van der Waals surface area contributed by atoms with Crippen molar-refractivity contribution in [3.63, 3.8) is 0 Å². The zero-order valence-corrected chi connectivity index (χ0v) is 13.1. The van der Waals surface area contributed by atoms with Crippen LogP contribution in [0.1, 0.15) is 29.2 Å². The molecule has 2 aromatic rings. The summed E-state index contributed by atoms with van der Waals surface area (Å²) in [6.07, 6.45) is 1.92. The highest BCUT2D eigenvalue weighted by Crippen LogP contribution is 2.15. The van der Waals surface area contributed by atoms with Crippen LogP contribution >= 0.6 is 0 Å². The fourth-order valence-electron chi connectivity index (χ4n) is 2.67. The van der Waals surface area contributed by atoms with E-state index in [1.807, 2.05) is 13.0 Å². The van der Waals surface area contributed by atoms with Gasteiger partial charge < -0.3 is 5.32 Å². The maximum atomic E-state index is 13.2. The van der Waals surface area contributed by atoms with E-state index in [0.29, 0.717) is 6.04 Å². The molecular formula is C19H24FN. The summed E-state index contributed by atoms with van der Waals surface area (Å²) in [5.74, 6) is -0.158. The van der Waals surface area contributed by atoms with Gasteiger partial charge in [-0.05, 0) is 62.1 Å². The molecule has 0 spiro atoms. The number of likely N-dealkylation sites (N-methyl/N-ethyl adjacent to an activating group) is 1. The van der Waals surface area contributed by atoms with Crippen molar-refractivity contribution in [2.75, 3.05) is 6.54 Å². The van der Waals surface area contributed by atoms with Gasteiger partial charge in [0, 0.05) is 6.04 Å². The fourth-order valence-corrected chi connectivity index (χ4v) is 2.67. The highest BCUT2D eigenvalue weighted by atomic mass is 19.1. The molecule has 0 aliphatic carbocycles. The molecule has 1 unspecified atom stereocenters. The van der Waals surface area contributed by atoms with E-state index in [2.05, 4.69) is 43.4 Å². The monoisotopic (exact) mass is 285 g/mol. The molecule has 0 fully saturated rings. The van der Waals surface area contributed by atoms with E-state index >= 15 is 0 Å². The highest BCUT2D eigenvalue weighted by Gasteiger charge is 2.11. The van der Waals surface area contributed by atoms with Crippen molar-refractivity contribution in [2.24, 2.45) is 0 Å². The van der Waals surface area contributed by atoms with Gasteiger partial charge in [0.25, 0.3) is 0 Å². The summed E-state index contributed by atoms with van der Waals surface area (Å²) in [5.41, 5.74) is 4.87. The zero-order valence-electron chi connectivity index (χ0n) is 13.1. The molecule has 0 bridgehead atoms. The van der Waals surface area contributed by atoms with Gasteiger partial charge in [0.1, 0.15) is 5.82 Å². The Morgan fingerprint density at radius 2 is 1.71 bits per heavy atom. The lowest BCUT2D eigenvalue weighted by molar-refractivity contribution is 0.519. The first kappa shape index (κ1) is 15.7. The second-order valence-electron chi connectivity index (χ2n) is 5.72. The number of aryl methyl sites for hydroxylation is 2. The Labute approximate surface area is 127 Å². The first-order valence-electron chi connectivity index (χ1n) is 7.62. The quantitative estimate of drug-likeness (QED) is 0.838. The third kappa shape index (κ3) is 4.68. The van der Waals surface area contributed by atoms with Gasteiger partial charge in [-0.25, -0.2) is 4.39 Å². The van der Waals surface area contributed by atoms with Gasteiger partial charge in [0.15, 0.2) is 0 Å². The van der Waals surface area contributed by atoms with Gasteiger partial charge in [-0.2, -0.15) is 0 Å². The molecule has 112 valence electrons. The van der Waals surface area contributed by atoms with Gasteiger partial charge >= 0.3 is 0 Å². The van der Waals surface area contributed by atoms with Gasteiger partial charge in [-0.15, -0.1) is 0 Å². The van der Waals surface area contributed by atoms with E-state index in [9.17, 15) is 4.39 Å². The lowest BCUT2D eigenvalue weighted by Gasteiger charge is -2.19. The van der Waals surface area contributed by atoms with E-state index in [1.165, 1.54) is 16.7 Å². The van der Waals surface area contributed by atoms with E-state index in [4.69, 9.17) is 0 Å². The first-order chi connectivity index (χ1) is 10.1. The van der Waals surface area contributed by atoms with Crippen molar-refractivity contribution < 1.29 is 4.39 Å². The third-order valence-corrected chi connectivity index (χ3v) is 3.87. The minimum absolute atomic E-state index is 0.158. The Hall–Kier alpha value is -1.67. The van der Waals surface area contributed by atoms with E-state index < -0.39 is 0 Å². The predicted molar refractivity (Wildman–Crippen MR) is 87.2 cm³/mol. The number of hydrogen-bond donors (Lipinski definition) is 1. The number of nitrogens with one attached hydrogen (secondary N) is 1. The molecule has 0 saturated heterocycles. The highest BCUT2D eigenvalue weighted by molar-refractivity contribution is 5.28. The second kappa shape index (κ2) is 7.37. The summed E-state index contributed by atoms with van der Waals surface area (Å²) < 4.78 is 13.2. The second-order valence-corrected chi connectivity index (χ2v) is 5.72. The summed E-state index contributed by atoms with van der Waals surface area (Å²) in [4.78, 5) is 0. The average Bonchev–Trinajstić information content (AvgIpc) is 2.44. The number of rotatable bonds is 6. The summed E-state index contributed by atoms with van der Waals surface area (Å²) in [5, 5.41) is 3.54. The Kier molecular flexibility index (Phi) is 5.51. The molecular weight excluding hydrogens is 261 g/mol. The standard InChI is InChI=1S/C19H24FN/c1-4-21-19(12-16-7-5-14(2)6-8-16)13-17-9-10-18(20)11-15(17)3/h5-11,19,21H,4,12-13H2,1-3H3. The normalized spacial score (nSPS) is 12.4. The Morgan fingerprint density at radius 1 is 1.00 bits per heavy atom. The van der Waals surface area contributed by atoms with Crippen LogP contribution in [0.25, 0.3) is 0 Å². The van der Waals surface area contributed by atoms with Crippen LogP contribution in [0.15, 0.2) is 42.5 Å². The van der Waals surface area contributed by atoms with E-state index in [-0.39, 0.29) is 5.82 Å². The van der Waals surface area contributed by atoms with Gasteiger partial charge in [-0.1, -0.05) is 42.8 Å². The third-order valence-electron chi connectivity index (χ3n) is 3.87. The molecule has 0 radical (unpaired) electrons. The molecule has 1 nitrogen and oxygen atoms in total. The summed E-state index contributed by atoms with van der Waals surface area (Å²) in [6, 6.07) is 14.1. The van der Waals surface area contributed by atoms with Gasteiger partial charge in [0.2, 0.25) is 0 Å². The van der Waals surface area contributed by atoms with Crippen LogP contribution < -0.4 is 5.32 Å². The molecule has 0 aliphatic rings.